The van der Waals surface area contributed by atoms with Crippen molar-refractivity contribution in [2.24, 2.45) is 0 Å². The molecule has 23 heavy (non-hydrogen) atoms. The largest absolute Gasteiger partial charge is 0.387 e. The van der Waals surface area contributed by atoms with Crippen molar-refractivity contribution >= 4 is 26.7 Å². The lowest BCUT2D eigenvalue weighted by Gasteiger charge is -2.25. The molecule has 0 amide bonds. The Labute approximate surface area is 148 Å². The van der Waals surface area contributed by atoms with E-state index in [1.807, 2.05) is 18.2 Å². The zero-order valence-corrected chi connectivity index (χ0v) is 15.8. The molecule has 0 aliphatic carbocycles. The van der Waals surface area contributed by atoms with Gasteiger partial charge >= 0.3 is 0 Å². The van der Waals surface area contributed by atoms with E-state index in [4.69, 9.17) is 0 Å². The molecule has 0 spiro atoms. The van der Waals surface area contributed by atoms with E-state index in [1.165, 1.54) is 25.7 Å². The second kappa shape index (κ2) is 9.41. The molecule has 0 fully saturated rings. The van der Waals surface area contributed by atoms with E-state index in [-0.39, 0.29) is 0 Å². The highest BCUT2D eigenvalue weighted by Gasteiger charge is 2.16. The van der Waals surface area contributed by atoms with Crippen molar-refractivity contribution in [1.82, 2.24) is 4.90 Å². The van der Waals surface area contributed by atoms with E-state index in [1.54, 1.807) is 0 Å². The van der Waals surface area contributed by atoms with Crippen LogP contribution in [-0.4, -0.2) is 29.6 Å². The van der Waals surface area contributed by atoms with Crippen molar-refractivity contribution in [2.45, 2.75) is 45.6 Å². The average molecular weight is 378 g/mol. The van der Waals surface area contributed by atoms with Crippen LogP contribution in [0, 0.1) is 0 Å². The predicted molar refractivity (Wildman–Crippen MR) is 103 cm³/mol. The van der Waals surface area contributed by atoms with E-state index in [9.17, 15) is 5.11 Å². The molecule has 2 aromatic carbocycles. The van der Waals surface area contributed by atoms with Crippen LogP contribution in [0.5, 0.6) is 0 Å². The van der Waals surface area contributed by atoms with Gasteiger partial charge in [0.25, 0.3) is 0 Å². The summed E-state index contributed by atoms with van der Waals surface area (Å²) < 4.78 is 1.08. The predicted octanol–water partition coefficient (Wildman–Crippen LogP) is 5.54. The van der Waals surface area contributed by atoms with Crippen LogP contribution in [0.4, 0.5) is 0 Å². The molecule has 3 heteroatoms. The summed E-state index contributed by atoms with van der Waals surface area (Å²) in [5, 5.41) is 13.1. The first-order chi connectivity index (χ1) is 11.2. The molecule has 2 aromatic rings. The highest BCUT2D eigenvalue weighted by molar-refractivity contribution is 9.10. The van der Waals surface area contributed by atoms with E-state index in [0.717, 1.165) is 33.9 Å². The smallest absolute Gasteiger partial charge is 0.0922 e. The van der Waals surface area contributed by atoms with Crippen molar-refractivity contribution in [3.8, 4) is 0 Å². The number of aliphatic hydroxyl groups is 1. The molecule has 0 aliphatic rings. The minimum Gasteiger partial charge on any atom is -0.387 e. The summed E-state index contributed by atoms with van der Waals surface area (Å²) in [5.41, 5.74) is 1.03. The standard InChI is InChI=1S/C20H28BrNO/c1-3-5-13-22(14-6-4-2)15-20(23)18-11-12-19(21)17-10-8-7-9-16(17)18/h7-12,20,23H,3-6,13-15H2,1-2H3. The molecule has 126 valence electrons. The van der Waals surface area contributed by atoms with Gasteiger partial charge in [-0.15, -0.1) is 0 Å². The summed E-state index contributed by atoms with van der Waals surface area (Å²) in [7, 11) is 0. The third-order valence-electron chi connectivity index (χ3n) is 4.35. The van der Waals surface area contributed by atoms with Gasteiger partial charge in [0.2, 0.25) is 0 Å². The maximum Gasteiger partial charge on any atom is 0.0922 e. The fourth-order valence-corrected chi connectivity index (χ4v) is 3.45. The Hall–Kier alpha value is -0.900. The molecule has 0 saturated carbocycles. The second-order valence-corrected chi connectivity index (χ2v) is 7.06. The first kappa shape index (κ1) is 18.4. The highest BCUT2D eigenvalue weighted by atomic mass is 79.9. The van der Waals surface area contributed by atoms with Crippen molar-refractivity contribution in [3.63, 3.8) is 0 Å². The van der Waals surface area contributed by atoms with Crippen LogP contribution in [0.15, 0.2) is 40.9 Å². The molecule has 1 unspecified atom stereocenters. The fraction of sp³-hybridized carbons (Fsp3) is 0.500. The minimum absolute atomic E-state index is 0.443. The number of hydrogen-bond donors (Lipinski definition) is 1. The summed E-state index contributed by atoms with van der Waals surface area (Å²) in [5.74, 6) is 0. The van der Waals surface area contributed by atoms with Crippen molar-refractivity contribution < 1.29 is 5.11 Å². The average Bonchev–Trinajstić information content (AvgIpc) is 2.57. The van der Waals surface area contributed by atoms with E-state index in [0.29, 0.717) is 6.54 Å². The van der Waals surface area contributed by atoms with Crippen LogP contribution in [-0.2, 0) is 0 Å². The van der Waals surface area contributed by atoms with Crippen molar-refractivity contribution in [1.29, 1.82) is 0 Å². The third-order valence-corrected chi connectivity index (χ3v) is 5.04. The first-order valence-electron chi connectivity index (χ1n) is 8.75. The van der Waals surface area contributed by atoms with Gasteiger partial charge in [-0.25, -0.2) is 0 Å². The van der Waals surface area contributed by atoms with E-state index < -0.39 is 6.10 Å². The number of fused-ring (bicyclic) bond motifs is 1. The normalized spacial score (nSPS) is 12.9. The van der Waals surface area contributed by atoms with Crippen LogP contribution < -0.4 is 0 Å². The van der Waals surface area contributed by atoms with Crippen molar-refractivity contribution in [2.75, 3.05) is 19.6 Å². The summed E-state index contributed by atoms with van der Waals surface area (Å²) in [6.45, 7) is 7.29. The van der Waals surface area contributed by atoms with Gasteiger partial charge in [-0.2, -0.15) is 0 Å². The van der Waals surface area contributed by atoms with Gasteiger partial charge in [0.1, 0.15) is 0 Å². The number of benzene rings is 2. The molecule has 0 aromatic heterocycles. The van der Waals surface area contributed by atoms with Crippen LogP contribution in [0.25, 0.3) is 10.8 Å². The van der Waals surface area contributed by atoms with E-state index in [2.05, 4.69) is 52.9 Å². The van der Waals surface area contributed by atoms with E-state index >= 15 is 0 Å². The topological polar surface area (TPSA) is 23.5 Å². The Kier molecular flexibility index (Phi) is 7.54. The number of hydrogen-bond acceptors (Lipinski definition) is 2. The Bertz CT molecular complexity index is 606. The lowest BCUT2D eigenvalue weighted by Crippen LogP contribution is -2.30. The first-order valence-corrected chi connectivity index (χ1v) is 9.54. The minimum atomic E-state index is -0.443. The van der Waals surface area contributed by atoms with Crippen LogP contribution in [0.1, 0.15) is 51.2 Å². The van der Waals surface area contributed by atoms with Gasteiger partial charge in [-0.1, -0.05) is 73.0 Å². The SMILES string of the molecule is CCCCN(CCCC)CC(O)c1ccc(Br)c2ccccc12. The Morgan fingerprint density at radius 3 is 2.17 bits per heavy atom. The summed E-state index contributed by atoms with van der Waals surface area (Å²) >= 11 is 3.61. The highest BCUT2D eigenvalue weighted by Crippen LogP contribution is 2.30. The zero-order valence-electron chi connectivity index (χ0n) is 14.3. The Balaban J connectivity index is 2.18. The zero-order chi connectivity index (χ0) is 16.7. The molecular formula is C20H28BrNO. The van der Waals surface area contributed by atoms with Crippen LogP contribution >= 0.6 is 15.9 Å². The number of halogens is 1. The summed E-state index contributed by atoms with van der Waals surface area (Å²) in [6, 6.07) is 12.4. The third kappa shape index (κ3) is 5.03. The lowest BCUT2D eigenvalue weighted by molar-refractivity contribution is 0.112. The van der Waals surface area contributed by atoms with Gasteiger partial charge in [0.05, 0.1) is 6.10 Å². The maximum absolute atomic E-state index is 10.8. The lowest BCUT2D eigenvalue weighted by atomic mass is 10.00. The molecule has 0 saturated heterocycles. The van der Waals surface area contributed by atoms with Gasteiger partial charge in [0, 0.05) is 11.0 Å². The van der Waals surface area contributed by atoms with Gasteiger partial charge in [0.15, 0.2) is 0 Å². The maximum atomic E-state index is 10.8. The van der Waals surface area contributed by atoms with Crippen LogP contribution in [0.3, 0.4) is 0 Å². The molecule has 0 bridgehead atoms. The van der Waals surface area contributed by atoms with Gasteiger partial charge in [-0.05, 0) is 48.3 Å². The molecule has 0 heterocycles. The van der Waals surface area contributed by atoms with Crippen LogP contribution in [0.2, 0.25) is 0 Å². The number of aliphatic hydroxyl groups excluding tert-OH is 1. The molecule has 1 N–H and O–H groups in total. The number of rotatable bonds is 9. The quantitative estimate of drug-likeness (QED) is 0.620. The van der Waals surface area contributed by atoms with Crippen molar-refractivity contribution in [3.05, 3.63) is 46.4 Å². The molecule has 0 aliphatic heterocycles. The van der Waals surface area contributed by atoms with Gasteiger partial charge in [-0.3, -0.25) is 0 Å². The molecular weight excluding hydrogens is 350 g/mol. The second-order valence-electron chi connectivity index (χ2n) is 6.21. The Morgan fingerprint density at radius 1 is 0.957 bits per heavy atom. The summed E-state index contributed by atoms with van der Waals surface area (Å²) in [4.78, 5) is 2.41. The Morgan fingerprint density at radius 2 is 1.57 bits per heavy atom. The molecule has 1 atom stereocenters. The summed E-state index contributed by atoms with van der Waals surface area (Å²) in [6.07, 6.45) is 4.33. The number of unbranched alkanes of at least 4 members (excludes halogenated alkanes) is 2. The fourth-order valence-electron chi connectivity index (χ4n) is 2.98. The molecule has 2 rings (SSSR count). The monoisotopic (exact) mass is 377 g/mol. The number of nitrogens with zero attached hydrogens (tertiary/aromatic N) is 1. The molecule has 0 radical (unpaired) electrons. The molecule has 2 nitrogen and oxygen atoms in total. The van der Waals surface area contributed by atoms with Gasteiger partial charge < -0.3 is 10.0 Å².